The highest BCUT2D eigenvalue weighted by Gasteiger charge is 2.25. The predicted octanol–water partition coefficient (Wildman–Crippen LogP) is 1.84. The van der Waals surface area contributed by atoms with Gasteiger partial charge in [0.2, 0.25) is 6.79 Å². The highest BCUT2D eigenvalue weighted by molar-refractivity contribution is 5.95. The molecule has 2 amide bonds. The van der Waals surface area contributed by atoms with Gasteiger partial charge in [0.1, 0.15) is 0 Å². The van der Waals surface area contributed by atoms with E-state index in [-0.39, 0.29) is 24.6 Å². The summed E-state index contributed by atoms with van der Waals surface area (Å²) in [4.78, 5) is 30.7. The van der Waals surface area contributed by atoms with Crippen LogP contribution in [-0.2, 0) is 0 Å². The van der Waals surface area contributed by atoms with Crippen LogP contribution in [-0.4, -0.2) is 47.6 Å². The Hall–Kier alpha value is -3.09. The lowest BCUT2D eigenvalue weighted by atomic mass is 10.0. The number of likely N-dealkylation sites (tertiary alicyclic amines) is 1. The number of nitrogens with one attached hydrogen (secondary N) is 1. The van der Waals surface area contributed by atoms with Crippen LogP contribution in [0.5, 0.6) is 11.5 Å². The number of carbonyl (C=O) groups excluding carboxylic acids is 2. The molecule has 2 aromatic rings. The SMILES string of the molecule is O=C(NC1CCN(C(=O)c2cccnc2)CC1)c1ccc2c(c1)OCO2. The second-order valence-corrected chi connectivity index (χ2v) is 6.35. The summed E-state index contributed by atoms with van der Waals surface area (Å²) in [6.45, 7) is 1.41. The minimum absolute atomic E-state index is 0.0151. The zero-order valence-corrected chi connectivity index (χ0v) is 14.2. The summed E-state index contributed by atoms with van der Waals surface area (Å²) >= 11 is 0. The van der Waals surface area contributed by atoms with Crippen molar-refractivity contribution in [2.24, 2.45) is 0 Å². The van der Waals surface area contributed by atoms with E-state index in [0.717, 1.165) is 12.8 Å². The number of rotatable bonds is 3. The van der Waals surface area contributed by atoms with Crippen LogP contribution < -0.4 is 14.8 Å². The van der Waals surface area contributed by atoms with Gasteiger partial charge >= 0.3 is 0 Å². The van der Waals surface area contributed by atoms with E-state index in [4.69, 9.17) is 9.47 Å². The third-order valence-electron chi connectivity index (χ3n) is 4.66. The van der Waals surface area contributed by atoms with Crippen molar-refractivity contribution in [1.29, 1.82) is 0 Å². The lowest BCUT2D eigenvalue weighted by Crippen LogP contribution is -2.46. The molecule has 0 bridgehead atoms. The average molecular weight is 353 g/mol. The molecule has 1 N–H and O–H groups in total. The molecule has 0 radical (unpaired) electrons. The molecule has 26 heavy (non-hydrogen) atoms. The van der Waals surface area contributed by atoms with Gasteiger partial charge in [-0.2, -0.15) is 0 Å². The zero-order valence-electron chi connectivity index (χ0n) is 14.2. The van der Waals surface area contributed by atoms with Crippen molar-refractivity contribution in [3.05, 3.63) is 53.9 Å². The number of carbonyl (C=O) groups is 2. The fraction of sp³-hybridized carbons (Fsp3) is 0.316. The van der Waals surface area contributed by atoms with Gasteiger partial charge in [0.15, 0.2) is 11.5 Å². The molecular formula is C19H19N3O4. The van der Waals surface area contributed by atoms with Crippen molar-refractivity contribution < 1.29 is 19.1 Å². The van der Waals surface area contributed by atoms with Crippen LogP contribution in [0.3, 0.4) is 0 Å². The number of fused-ring (bicyclic) bond motifs is 1. The summed E-state index contributed by atoms with van der Waals surface area (Å²) in [5, 5.41) is 3.04. The van der Waals surface area contributed by atoms with Crippen LogP contribution in [0.1, 0.15) is 33.6 Å². The van der Waals surface area contributed by atoms with Crippen LogP contribution in [0.4, 0.5) is 0 Å². The number of hydrogen-bond acceptors (Lipinski definition) is 5. The van der Waals surface area contributed by atoms with Crippen molar-refractivity contribution in [3.63, 3.8) is 0 Å². The molecule has 1 fully saturated rings. The highest BCUT2D eigenvalue weighted by Crippen LogP contribution is 2.32. The first-order valence-corrected chi connectivity index (χ1v) is 8.60. The van der Waals surface area contributed by atoms with E-state index >= 15 is 0 Å². The summed E-state index contributed by atoms with van der Waals surface area (Å²) < 4.78 is 10.6. The van der Waals surface area contributed by atoms with Gasteiger partial charge in [-0.15, -0.1) is 0 Å². The minimum Gasteiger partial charge on any atom is -0.454 e. The molecule has 1 saturated heterocycles. The fourth-order valence-corrected chi connectivity index (χ4v) is 3.21. The molecule has 0 saturated carbocycles. The van der Waals surface area contributed by atoms with E-state index in [1.54, 1.807) is 47.6 Å². The van der Waals surface area contributed by atoms with Gasteiger partial charge in [-0.3, -0.25) is 14.6 Å². The van der Waals surface area contributed by atoms with Crippen LogP contribution in [0.2, 0.25) is 0 Å². The summed E-state index contributed by atoms with van der Waals surface area (Å²) in [5.41, 5.74) is 1.14. The van der Waals surface area contributed by atoms with Gasteiger partial charge in [-0.25, -0.2) is 0 Å². The van der Waals surface area contributed by atoms with E-state index in [1.165, 1.54) is 0 Å². The summed E-state index contributed by atoms with van der Waals surface area (Å²) in [6, 6.07) is 8.73. The third-order valence-corrected chi connectivity index (χ3v) is 4.66. The molecule has 0 atom stereocenters. The van der Waals surface area contributed by atoms with Gasteiger partial charge in [0.25, 0.3) is 11.8 Å². The van der Waals surface area contributed by atoms with E-state index in [0.29, 0.717) is 35.7 Å². The van der Waals surface area contributed by atoms with Crippen molar-refractivity contribution in [1.82, 2.24) is 15.2 Å². The molecule has 0 aliphatic carbocycles. The standard InChI is InChI=1S/C19H19N3O4/c23-18(13-3-4-16-17(10-13)26-12-25-16)21-15-5-8-22(9-6-15)19(24)14-2-1-7-20-11-14/h1-4,7,10-11,15H,5-6,8-9,12H2,(H,21,23). The lowest BCUT2D eigenvalue weighted by molar-refractivity contribution is 0.0697. The van der Waals surface area contributed by atoms with Gasteiger partial charge in [-0.1, -0.05) is 0 Å². The summed E-state index contributed by atoms with van der Waals surface area (Å²) in [5.74, 6) is 1.09. The Kier molecular flexibility index (Phi) is 4.43. The van der Waals surface area contributed by atoms with Crippen molar-refractivity contribution in [2.45, 2.75) is 18.9 Å². The number of ether oxygens (including phenoxy) is 2. The van der Waals surface area contributed by atoms with E-state index < -0.39 is 0 Å². The number of piperidine rings is 1. The molecule has 2 aliphatic rings. The fourth-order valence-electron chi connectivity index (χ4n) is 3.21. The Balaban J connectivity index is 1.32. The molecule has 0 unspecified atom stereocenters. The molecule has 2 aliphatic heterocycles. The Morgan fingerprint density at radius 2 is 1.88 bits per heavy atom. The first-order chi connectivity index (χ1) is 12.7. The molecule has 3 heterocycles. The molecule has 1 aromatic carbocycles. The minimum atomic E-state index is -0.139. The maximum absolute atomic E-state index is 12.5. The number of benzene rings is 1. The van der Waals surface area contributed by atoms with Crippen LogP contribution in [0.15, 0.2) is 42.7 Å². The monoisotopic (exact) mass is 353 g/mol. The summed E-state index contributed by atoms with van der Waals surface area (Å²) in [7, 11) is 0. The Bertz CT molecular complexity index is 817. The molecule has 1 aromatic heterocycles. The maximum Gasteiger partial charge on any atom is 0.255 e. The summed E-state index contributed by atoms with van der Waals surface area (Å²) in [6.07, 6.45) is 4.68. The predicted molar refractivity (Wildman–Crippen MR) is 93.2 cm³/mol. The number of amides is 2. The second-order valence-electron chi connectivity index (χ2n) is 6.35. The third kappa shape index (κ3) is 3.33. The molecular weight excluding hydrogens is 334 g/mol. The molecule has 134 valence electrons. The highest BCUT2D eigenvalue weighted by atomic mass is 16.7. The second kappa shape index (κ2) is 7.03. The van der Waals surface area contributed by atoms with Crippen LogP contribution in [0.25, 0.3) is 0 Å². The molecule has 0 spiro atoms. The Morgan fingerprint density at radius 3 is 2.65 bits per heavy atom. The lowest BCUT2D eigenvalue weighted by Gasteiger charge is -2.32. The van der Waals surface area contributed by atoms with E-state index in [9.17, 15) is 9.59 Å². The number of pyridine rings is 1. The smallest absolute Gasteiger partial charge is 0.255 e. The number of aromatic nitrogens is 1. The average Bonchev–Trinajstić information content (AvgIpc) is 3.16. The Morgan fingerprint density at radius 1 is 1.08 bits per heavy atom. The largest absolute Gasteiger partial charge is 0.454 e. The molecule has 7 nitrogen and oxygen atoms in total. The topological polar surface area (TPSA) is 80.8 Å². The van der Waals surface area contributed by atoms with Gasteiger partial charge in [0.05, 0.1) is 5.56 Å². The van der Waals surface area contributed by atoms with Gasteiger partial charge in [0, 0.05) is 37.1 Å². The van der Waals surface area contributed by atoms with Crippen LogP contribution in [0, 0.1) is 0 Å². The Labute approximate surface area is 150 Å². The number of nitrogens with zero attached hydrogens (tertiary/aromatic N) is 2. The van der Waals surface area contributed by atoms with Gasteiger partial charge in [-0.05, 0) is 43.2 Å². The van der Waals surface area contributed by atoms with Crippen LogP contribution >= 0.6 is 0 Å². The quantitative estimate of drug-likeness (QED) is 0.911. The normalized spacial score (nSPS) is 16.4. The molecule has 4 rings (SSSR count). The first kappa shape index (κ1) is 16.4. The van der Waals surface area contributed by atoms with Crippen molar-refractivity contribution in [2.75, 3.05) is 19.9 Å². The van der Waals surface area contributed by atoms with Gasteiger partial charge < -0.3 is 19.7 Å². The maximum atomic E-state index is 12.5. The first-order valence-electron chi connectivity index (χ1n) is 8.60. The van der Waals surface area contributed by atoms with E-state index in [1.807, 2.05) is 0 Å². The number of hydrogen-bond donors (Lipinski definition) is 1. The van der Waals surface area contributed by atoms with Crippen molar-refractivity contribution >= 4 is 11.8 Å². The zero-order chi connectivity index (χ0) is 17.9. The van der Waals surface area contributed by atoms with E-state index in [2.05, 4.69) is 10.3 Å². The molecule has 7 heteroatoms. The van der Waals surface area contributed by atoms with Crippen molar-refractivity contribution in [3.8, 4) is 11.5 Å².